The first-order chi connectivity index (χ1) is 12.2. The molecule has 8 heteroatoms. The first-order valence-corrected chi connectivity index (χ1v) is 9.86. The summed E-state index contributed by atoms with van der Waals surface area (Å²) in [4.78, 5) is 18.6. The van der Waals surface area contributed by atoms with E-state index in [-0.39, 0.29) is 17.7 Å². The van der Waals surface area contributed by atoms with Crippen molar-refractivity contribution >= 4 is 40.6 Å². The minimum atomic E-state index is -0.194. The van der Waals surface area contributed by atoms with Crippen LogP contribution in [0.4, 0.5) is 0 Å². The minimum Gasteiger partial charge on any atom is -0.346 e. The number of nitrogens with zero attached hydrogens (tertiary/aromatic N) is 2. The highest BCUT2D eigenvalue weighted by Gasteiger charge is 2.19. The molecule has 0 bridgehead atoms. The van der Waals surface area contributed by atoms with Gasteiger partial charge in [0.2, 0.25) is 17.6 Å². The van der Waals surface area contributed by atoms with Gasteiger partial charge >= 0.3 is 0 Å². The molecule has 2 heterocycles. The van der Waals surface area contributed by atoms with Gasteiger partial charge in [0.15, 0.2) is 0 Å². The molecule has 1 atom stereocenters. The van der Waals surface area contributed by atoms with Gasteiger partial charge in [0.05, 0.1) is 16.7 Å². The average Bonchev–Trinajstić information content (AvgIpc) is 3.30. The van der Waals surface area contributed by atoms with Gasteiger partial charge in [-0.3, -0.25) is 4.79 Å². The lowest BCUT2D eigenvalue weighted by Gasteiger charge is -2.13. The molecule has 0 saturated heterocycles. The number of rotatable bonds is 7. The molecule has 25 heavy (non-hydrogen) atoms. The van der Waals surface area contributed by atoms with Crippen molar-refractivity contribution in [3.8, 4) is 10.7 Å². The van der Waals surface area contributed by atoms with E-state index in [1.807, 2.05) is 48.7 Å². The number of halogens is 1. The van der Waals surface area contributed by atoms with Crippen LogP contribution in [0.15, 0.2) is 51.2 Å². The van der Waals surface area contributed by atoms with Crippen LogP contribution in [0.1, 0.15) is 19.2 Å². The first-order valence-electron chi connectivity index (χ1n) is 7.72. The summed E-state index contributed by atoms with van der Waals surface area (Å²) in [5.41, 5.74) is 0. The lowest BCUT2D eigenvalue weighted by molar-refractivity contribution is -0.120. The fourth-order valence-corrected chi connectivity index (χ4v) is 3.86. The molecule has 0 radical (unpaired) electrons. The molecule has 1 unspecified atom stereocenters. The topological polar surface area (TPSA) is 68.0 Å². The highest BCUT2D eigenvalue weighted by molar-refractivity contribution is 8.00. The fraction of sp³-hybridized carbons (Fsp3) is 0.235. The van der Waals surface area contributed by atoms with Crippen molar-refractivity contribution in [2.45, 2.75) is 30.0 Å². The van der Waals surface area contributed by atoms with Gasteiger partial charge in [-0.2, -0.15) is 4.98 Å². The predicted molar refractivity (Wildman–Crippen MR) is 101 cm³/mol. The van der Waals surface area contributed by atoms with E-state index in [9.17, 15) is 4.79 Å². The van der Waals surface area contributed by atoms with Crippen LogP contribution in [0.5, 0.6) is 0 Å². The Bertz CT molecular complexity index is 819. The quantitative estimate of drug-likeness (QED) is 0.592. The summed E-state index contributed by atoms with van der Waals surface area (Å²) in [5.74, 6) is 0.878. The van der Waals surface area contributed by atoms with Crippen LogP contribution in [0.2, 0.25) is 5.02 Å². The Morgan fingerprint density at radius 3 is 2.84 bits per heavy atom. The van der Waals surface area contributed by atoms with Gasteiger partial charge in [-0.05, 0) is 42.1 Å². The van der Waals surface area contributed by atoms with Crippen molar-refractivity contribution in [2.24, 2.45) is 0 Å². The van der Waals surface area contributed by atoms with Crippen LogP contribution in [-0.2, 0) is 11.3 Å². The van der Waals surface area contributed by atoms with E-state index in [0.717, 1.165) is 9.77 Å². The Morgan fingerprint density at radius 1 is 1.36 bits per heavy atom. The number of hydrogen-bond acceptors (Lipinski definition) is 6. The van der Waals surface area contributed by atoms with Crippen molar-refractivity contribution in [2.75, 3.05) is 0 Å². The normalized spacial score (nSPS) is 12.1. The van der Waals surface area contributed by atoms with Crippen LogP contribution >= 0.6 is 34.7 Å². The number of carbonyl (C=O) groups excluding carboxylic acids is 1. The Hall–Kier alpha value is -1.83. The van der Waals surface area contributed by atoms with Gasteiger partial charge in [0, 0.05) is 9.92 Å². The zero-order chi connectivity index (χ0) is 17.6. The summed E-state index contributed by atoms with van der Waals surface area (Å²) in [6, 6.07) is 11.3. The van der Waals surface area contributed by atoms with Crippen LogP contribution in [0, 0.1) is 0 Å². The second-order valence-corrected chi connectivity index (χ2v) is 7.84. The maximum absolute atomic E-state index is 12.4. The Kier molecular flexibility index (Phi) is 6.12. The van der Waals surface area contributed by atoms with Crippen LogP contribution in [-0.4, -0.2) is 21.3 Å². The standard InChI is InChI=1S/C17H16ClN3O2S2/c1-2-13(25-12-7-5-11(18)6-8-12)17(22)19-10-15-20-16(21-23-15)14-4-3-9-24-14/h3-9,13H,2,10H2,1H3,(H,19,22). The van der Waals surface area contributed by atoms with Crippen LogP contribution < -0.4 is 5.32 Å². The second-order valence-electron chi connectivity index (χ2n) is 5.18. The number of thioether (sulfide) groups is 1. The molecule has 0 aliphatic rings. The van der Waals surface area contributed by atoms with E-state index >= 15 is 0 Å². The van der Waals surface area contributed by atoms with E-state index in [2.05, 4.69) is 15.5 Å². The van der Waals surface area contributed by atoms with Gasteiger partial charge < -0.3 is 9.84 Å². The molecule has 0 fully saturated rings. The van der Waals surface area contributed by atoms with Gasteiger partial charge in [0.1, 0.15) is 0 Å². The zero-order valence-corrected chi connectivity index (χ0v) is 15.8. The lowest BCUT2D eigenvalue weighted by atomic mass is 10.3. The average molecular weight is 394 g/mol. The number of aromatic nitrogens is 2. The third kappa shape index (κ3) is 4.84. The van der Waals surface area contributed by atoms with Crippen molar-refractivity contribution in [1.29, 1.82) is 0 Å². The Balaban J connectivity index is 1.56. The molecule has 1 amide bonds. The minimum absolute atomic E-state index is 0.0571. The maximum Gasteiger partial charge on any atom is 0.246 e. The molecular formula is C17H16ClN3O2S2. The Morgan fingerprint density at radius 2 is 2.16 bits per heavy atom. The number of thiophene rings is 1. The van der Waals surface area contributed by atoms with Crippen LogP contribution in [0.25, 0.3) is 10.7 Å². The SMILES string of the molecule is CCC(Sc1ccc(Cl)cc1)C(=O)NCc1nc(-c2cccs2)no1. The molecule has 3 aromatic rings. The fourth-order valence-electron chi connectivity index (χ4n) is 2.11. The van der Waals surface area contributed by atoms with E-state index in [1.165, 1.54) is 23.1 Å². The van der Waals surface area contributed by atoms with Gasteiger partial charge in [-0.25, -0.2) is 0 Å². The van der Waals surface area contributed by atoms with Crippen LogP contribution in [0.3, 0.4) is 0 Å². The highest BCUT2D eigenvalue weighted by atomic mass is 35.5. The first kappa shape index (κ1) is 18.0. The molecule has 0 spiro atoms. The third-order valence-corrected chi connectivity index (χ3v) is 5.87. The molecule has 3 rings (SSSR count). The second kappa shape index (κ2) is 8.51. The van der Waals surface area contributed by atoms with E-state index < -0.39 is 0 Å². The van der Waals surface area contributed by atoms with Gasteiger partial charge in [-0.15, -0.1) is 23.1 Å². The largest absolute Gasteiger partial charge is 0.346 e. The lowest BCUT2D eigenvalue weighted by Crippen LogP contribution is -2.31. The molecule has 0 aliphatic heterocycles. The smallest absolute Gasteiger partial charge is 0.246 e. The zero-order valence-electron chi connectivity index (χ0n) is 13.4. The summed E-state index contributed by atoms with van der Waals surface area (Å²) in [6.45, 7) is 2.20. The summed E-state index contributed by atoms with van der Waals surface area (Å²) >= 11 is 8.94. The highest BCUT2D eigenvalue weighted by Crippen LogP contribution is 2.27. The third-order valence-electron chi connectivity index (χ3n) is 3.38. The van der Waals surface area contributed by atoms with Crippen molar-refractivity contribution in [1.82, 2.24) is 15.5 Å². The van der Waals surface area contributed by atoms with Crippen molar-refractivity contribution < 1.29 is 9.32 Å². The molecule has 1 aromatic carbocycles. The summed E-state index contributed by atoms with van der Waals surface area (Å²) in [6.07, 6.45) is 0.712. The molecule has 0 aliphatic carbocycles. The molecular weight excluding hydrogens is 378 g/mol. The molecule has 1 N–H and O–H groups in total. The van der Waals surface area contributed by atoms with E-state index in [4.69, 9.17) is 16.1 Å². The molecule has 5 nitrogen and oxygen atoms in total. The van der Waals surface area contributed by atoms with Gasteiger partial charge in [0.25, 0.3) is 0 Å². The number of benzene rings is 1. The van der Waals surface area contributed by atoms with E-state index in [1.54, 1.807) is 0 Å². The number of hydrogen-bond donors (Lipinski definition) is 1. The molecule has 2 aromatic heterocycles. The molecule has 0 saturated carbocycles. The van der Waals surface area contributed by atoms with E-state index in [0.29, 0.717) is 23.2 Å². The maximum atomic E-state index is 12.4. The van der Waals surface area contributed by atoms with Crippen molar-refractivity contribution in [3.05, 3.63) is 52.7 Å². The summed E-state index contributed by atoms with van der Waals surface area (Å²) in [5, 5.41) is 9.23. The predicted octanol–water partition coefficient (Wildman–Crippen LogP) is 4.64. The number of carbonyl (C=O) groups is 1. The number of nitrogens with one attached hydrogen (secondary N) is 1. The summed E-state index contributed by atoms with van der Waals surface area (Å²) in [7, 11) is 0. The monoisotopic (exact) mass is 393 g/mol. The Labute approximate surface area is 158 Å². The molecule has 130 valence electrons. The van der Waals surface area contributed by atoms with Crippen molar-refractivity contribution in [3.63, 3.8) is 0 Å². The van der Waals surface area contributed by atoms with Gasteiger partial charge in [-0.1, -0.05) is 29.7 Å². The summed E-state index contributed by atoms with van der Waals surface area (Å²) < 4.78 is 5.19. The number of amides is 1.